The minimum atomic E-state index is 1.17. The van der Waals surface area contributed by atoms with Gasteiger partial charge < -0.3 is 4.57 Å². The van der Waals surface area contributed by atoms with Crippen LogP contribution < -0.4 is 5.44 Å². The van der Waals surface area contributed by atoms with E-state index in [9.17, 15) is 0 Å². The second-order valence-electron chi connectivity index (χ2n) is 3.88. The van der Waals surface area contributed by atoms with Crippen molar-refractivity contribution in [2.24, 2.45) is 0 Å². The molecule has 14 heavy (non-hydrogen) atoms. The molecule has 0 aliphatic rings. The number of unbranched alkanes of at least 4 members (excludes halogenated alkanes) is 2. The Hall–Kier alpha value is -0.290. The van der Waals surface area contributed by atoms with Crippen LogP contribution in [0.1, 0.15) is 45.1 Å². The van der Waals surface area contributed by atoms with E-state index < -0.39 is 0 Å². The SMILES string of the molecule is CCCCc1ccn(CCCC)c1P. The zero-order valence-electron chi connectivity index (χ0n) is 9.42. The van der Waals surface area contributed by atoms with E-state index in [0.29, 0.717) is 0 Å². The first-order valence-corrected chi connectivity index (χ1v) is 6.30. The quantitative estimate of drug-likeness (QED) is 0.637. The lowest BCUT2D eigenvalue weighted by Crippen LogP contribution is -2.12. The largest absolute Gasteiger partial charge is 0.348 e. The summed E-state index contributed by atoms with van der Waals surface area (Å²) in [5.74, 6) is 0. The van der Waals surface area contributed by atoms with Crippen LogP contribution in [0.2, 0.25) is 0 Å². The molecule has 2 heteroatoms. The van der Waals surface area contributed by atoms with Crippen LogP contribution in [-0.4, -0.2) is 4.57 Å². The highest BCUT2D eigenvalue weighted by molar-refractivity contribution is 7.27. The molecule has 0 aliphatic carbocycles. The summed E-state index contributed by atoms with van der Waals surface area (Å²) in [6.45, 7) is 5.65. The Kier molecular flexibility index (Phi) is 5.25. The molecule has 1 heterocycles. The molecule has 0 spiro atoms. The van der Waals surface area contributed by atoms with E-state index in [-0.39, 0.29) is 0 Å². The fraction of sp³-hybridized carbons (Fsp3) is 0.667. The van der Waals surface area contributed by atoms with E-state index in [2.05, 4.69) is 39.9 Å². The van der Waals surface area contributed by atoms with Crippen LogP contribution >= 0.6 is 9.24 Å². The molecule has 0 saturated carbocycles. The van der Waals surface area contributed by atoms with Crippen molar-refractivity contribution in [1.82, 2.24) is 4.57 Å². The van der Waals surface area contributed by atoms with E-state index in [0.717, 1.165) is 0 Å². The molecular weight excluding hydrogens is 189 g/mol. The molecule has 0 saturated heterocycles. The summed E-state index contributed by atoms with van der Waals surface area (Å²) >= 11 is 0. The molecule has 1 unspecified atom stereocenters. The van der Waals surface area contributed by atoms with Crippen molar-refractivity contribution in [1.29, 1.82) is 0 Å². The van der Waals surface area contributed by atoms with Gasteiger partial charge in [0.1, 0.15) is 0 Å². The van der Waals surface area contributed by atoms with Gasteiger partial charge in [-0.25, -0.2) is 0 Å². The van der Waals surface area contributed by atoms with Crippen LogP contribution in [0.3, 0.4) is 0 Å². The topological polar surface area (TPSA) is 4.93 Å². The van der Waals surface area contributed by atoms with Gasteiger partial charge in [0.05, 0.1) is 0 Å². The summed E-state index contributed by atoms with van der Waals surface area (Å²) in [5, 5.41) is 0. The Balaban J connectivity index is 2.55. The van der Waals surface area contributed by atoms with Crippen molar-refractivity contribution in [2.45, 2.75) is 52.5 Å². The maximum Gasteiger partial charge on any atom is 0.0379 e. The minimum absolute atomic E-state index is 1.17. The molecule has 0 aromatic carbocycles. The molecule has 0 radical (unpaired) electrons. The van der Waals surface area contributed by atoms with Gasteiger partial charge in [-0.05, 0) is 30.9 Å². The third kappa shape index (κ3) is 3.13. The smallest absolute Gasteiger partial charge is 0.0379 e. The Labute approximate surface area is 90.1 Å². The van der Waals surface area contributed by atoms with Gasteiger partial charge in [-0.3, -0.25) is 0 Å². The molecule has 0 N–H and O–H groups in total. The van der Waals surface area contributed by atoms with E-state index in [1.165, 1.54) is 49.6 Å². The van der Waals surface area contributed by atoms with Gasteiger partial charge in [0.15, 0.2) is 0 Å². The van der Waals surface area contributed by atoms with Crippen LogP contribution in [0.15, 0.2) is 12.3 Å². The van der Waals surface area contributed by atoms with Crippen LogP contribution in [-0.2, 0) is 13.0 Å². The second kappa shape index (κ2) is 6.24. The van der Waals surface area contributed by atoms with Crippen LogP contribution in [0.5, 0.6) is 0 Å². The van der Waals surface area contributed by atoms with Crippen molar-refractivity contribution in [3.63, 3.8) is 0 Å². The van der Waals surface area contributed by atoms with Crippen molar-refractivity contribution in [2.75, 3.05) is 0 Å². The van der Waals surface area contributed by atoms with Gasteiger partial charge in [0.25, 0.3) is 0 Å². The summed E-state index contributed by atoms with van der Waals surface area (Å²) in [4.78, 5) is 0. The highest BCUT2D eigenvalue weighted by Crippen LogP contribution is 2.08. The zero-order chi connectivity index (χ0) is 10.4. The summed E-state index contributed by atoms with van der Waals surface area (Å²) in [5.41, 5.74) is 2.90. The summed E-state index contributed by atoms with van der Waals surface area (Å²) < 4.78 is 2.36. The lowest BCUT2D eigenvalue weighted by molar-refractivity contribution is 0.645. The lowest BCUT2D eigenvalue weighted by Gasteiger charge is -2.06. The average Bonchev–Trinajstić information content (AvgIpc) is 2.54. The van der Waals surface area contributed by atoms with Crippen molar-refractivity contribution in [3.05, 3.63) is 17.8 Å². The number of aryl methyl sites for hydroxylation is 2. The number of nitrogens with zero attached hydrogens (tertiary/aromatic N) is 1. The van der Waals surface area contributed by atoms with Crippen LogP contribution in [0.25, 0.3) is 0 Å². The Morgan fingerprint density at radius 3 is 2.57 bits per heavy atom. The number of hydrogen-bond donors (Lipinski definition) is 0. The molecule has 1 atom stereocenters. The molecule has 1 nitrogen and oxygen atoms in total. The summed E-state index contributed by atoms with van der Waals surface area (Å²) in [6, 6.07) is 2.27. The maximum atomic E-state index is 2.88. The van der Waals surface area contributed by atoms with Crippen molar-refractivity contribution < 1.29 is 0 Å². The van der Waals surface area contributed by atoms with Crippen molar-refractivity contribution in [3.8, 4) is 0 Å². The third-order valence-electron chi connectivity index (χ3n) is 2.65. The van der Waals surface area contributed by atoms with Gasteiger partial charge in [-0.1, -0.05) is 35.9 Å². The summed E-state index contributed by atoms with van der Waals surface area (Å²) in [7, 11) is 2.88. The Morgan fingerprint density at radius 2 is 1.93 bits per heavy atom. The molecular formula is C12H22NP. The van der Waals surface area contributed by atoms with Crippen LogP contribution in [0, 0.1) is 0 Å². The first-order chi connectivity index (χ1) is 6.79. The summed E-state index contributed by atoms with van der Waals surface area (Å²) in [6.07, 6.45) is 8.59. The molecule has 1 rings (SSSR count). The van der Waals surface area contributed by atoms with Gasteiger partial charge in [0, 0.05) is 18.2 Å². The van der Waals surface area contributed by atoms with E-state index in [1.807, 2.05) is 0 Å². The normalized spacial score (nSPS) is 10.8. The molecule has 80 valence electrons. The molecule has 1 aromatic rings. The van der Waals surface area contributed by atoms with Gasteiger partial charge in [-0.15, -0.1) is 0 Å². The van der Waals surface area contributed by atoms with E-state index in [1.54, 1.807) is 0 Å². The molecule has 0 amide bonds. The lowest BCUT2D eigenvalue weighted by atomic mass is 10.1. The molecule has 0 bridgehead atoms. The molecule has 1 aromatic heterocycles. The minimum Gasteiger partial charge on any atom is -0.348 e. The van der Waals surface area contributed by atoms with E-state index in [4.69, 9.17) is 0 Å². The highest BCUT2D eigenvalue weighted by atomic mass is 31.0. The average molecular weight is 211 g/mol. The fourth-order valence-corrected chi connectivity index (χ4v) is 2.09. The highest BCUT2D eigenvalue weighted by Gasteiger charge is 2.03. The predicted octanol–water partition coefficient (Wildman–Crippen LogP) is 3.13. The van der Waals surface area contributed by atoms with Gasteiger partial charge >= 0.3 is 0 Å². The number of hydrogen-bond acceptors (Lipinski definition) is 0. The predicted molar refractivity (Wildman–Crippen MR) is 67.3 cm³/mol. The first kappa shape index (κ1) is 11.8. The zero-order valence-corrected chi connectivity index (χ0v) is 10.6. The van der Waals surface area contributed by atoms with Crippen LogP contribution in [0.4, 0.5) is 0 Å². The maximum absolute atomic E-state index is 2.88. The molecule has 0 fully saturated rings. The second-order valence-corrected chi connectivity index (χ2v) is 4.42. The third-order valence-corrected chi connectivity index (χ3v) is 3.35. The first-order valence-electron chi connectivity index (χ1n) is 5.73. The monoisotopic (exact) mass is 211 g/mol. The number of aromatic nitrogens is 1. The standard InChI is InChI=1S/C12H22NP/c1-3-5-7-11-8-10-13(12(11)14)9-6-4-2/h8,10H,3-7,9,14H2,1-2H3. The Bertz CT molecular complexity index is 240. The van der Waals surface area contributed by atoms with Gasteiger partial charge in [-0.2, -0.15) is 0 Å². The van der Waals surface area contributed by atoms with Crippen molar-refractivity contribution >= 4 is 14.7 Å². The van der Waals surface area contributed by atoms with Gasteiger partial charge in [0.2, 0.25) is 0 Å². The Morgan fingerprint density at radius 1 is 1.21 bits per heavy atom. The number of rotatable bonds is 6. The molecule has 0 aliphatic heterocycles. The fourth-order valence-electron chi connectivity index (χ4n) is 1.63. The van der Waals surface area contributed by atoms with E-state index >= 15 is 0 Å².